The number of methoxy groups -OCH3 is 2. The number of carbonyl (C=O) groups is 2. The first-order chi connectivity index (χ1) is 13.1. The van der Waals surface area contributed by atoms with Gasteiger partial charge in [0.2, 0.25) is 5.91 Å². The first kappa shape index (κ1) is 18.8. The van der Waals surface area contributed by atoms with E-state index in [-0.39, 0.29) is 18.2 Å². The van der Waals surface area contributed by atoms with E-state index in [0.29, 0.717) is 30.2 Å². The zero-order valence-electron chi connectivity index (χ0n) is 15.7. The standard InChI is InChI=1S/C21H24N2O4/c1-26-18-8-7-16(13-19(18)27-2)21(25)22-11-9-20(24)23-12-10-15-5-3-4-6-17(15)14-23/h3-8,13H,9-12,14H2,1-2H3,(H,22,25). The van der Waals surface area contributed by atoms with Gasteiger partial charge in [-0.25, -0.2) is 0 Å². The zero-order valence-corrected chi connectivity index (χ0v) is 15.7. The predicted molar refractivity (Wildman–Crippen MR) is 102 cm³/mol. The maximum absolute atomic E-state index is 12.4. The Labute approximate surface area is 159 Å². The van der Waals surface area contributed by atoms with Crippen LogP contribution in [0, 0.1) is 0 Å². The Morgan fingerprint density at radius 3 is 2.52 bits per heavy atom. The van der Waals surface area contributed by atoms with E-state index in [2.05, 4.69) is 17.4 Å². The van der Waals surface area contributed by atoms with Gasteiger partial charge in [-0.2, -0.15) is 0 Å². The molecule has 0 spiro atoms. The van der Waals surface area contributed by atoms with Gasteiger partial charge in [0, 0.05) is 31.6 Å². The molecule has 1 N–H and O–H groups in total. The maximum atomic E-state index is 12.4. The lowest BCUT2D eigenvalue weighted by atomic mass is 10.00. The number of hydrogen-bond donors (Lipinski definition) is 1. The minimum atomic E-state index is -0.243. The van der Waals surface area contributed by atoms with Crippen LogP contribution in [0.3, 0.4) is 0 Å². The van der Waals surface area contributed by atoms with Crippen molar-refractivity contribution in [1.29, 1.82) is 0 Å². The van der Waals surface area contributed by atoms with Crippen molar-refractivity contribution >= 4 is 11.8 Å². The largest absolute Gasteiger partial charge is 0.493 e. The number of fused-ring (bicyclic) bond motifs is 1. The molecule has 6 heteroatoms. The Hall–Kier alpha value is -3.02. The summed E-state index contributed by atoms with van der Waals surface area (Å²) < 4.78 is 10.4. The van der Waals surface area contributed by atoms with E-state index in [1.165, 1.54) is 18.2 Å². The van der Waals surface area contributed by atoms with Crippen LogP contribution >= 0.6 is 0 Å². The Kier molecular flexibility index (Phi) is 5.96. The maximum Gasteiger partial charge on any atom is 0.251 e. The summed E-state index contributed by atoms with van der Waals surface area (Å²) in [5.74, 6) is 0.868. The summed E-state index contributed by atoms with van der Waals surface area (Å²) in [6.45, 7) is 1.66. The Morgan fingerprint density at radius 1 is 1.04 bits per heavy atom. The van der Waals surface area contributed by atoms with E-state index >= 15 is 0 Å². The summed E-state index contributed by atoms with van der Waals surface area (Å²) in [5, 5.41) is 2.79. The third-order valence-electron chi connectivity index (χ3n) is 4.75. The first-order valence-electron chi connectivity index (χ1n) is 8.97. The van der Waals surface area contributed by atoms with Gasteiger partial charge in [0.15, 0.2) is 11.5 Å². The molecular weight excluding hydrogens is 344 g/mol. The minimum absolute atomic E-state index is 0.0529. The van der Waals surface area contributed by atoms with Crippen LogP contribution in [0.25, 0.3) is 0 Å². The van der Waals surface area contributed by atoms with Crippen LogP contribution in [0.1, 0.15) is 27.9 Å². The summed E-state index contributed by atoms with van der Waals surface area (Å²) in [7, 11) is 3.07. The second-order valence-electron chi connectivity index (χ2n) is 6.41. The van der Waals surface area contributed by atoms with Crippen LogP contribution < -0.4 is 14.8 Å². The molecule has 0 fully saturated rings. The molecule has 2 aromatic carbocycles. The van der Waals surface area contributed by atoms with Gasteiger partial charge in [-0.1, -0.05) is 24.3 Å². The molecule has 0 aliphatic carbocycles. The van der Waals surface area contributed by atoms with Crippen molar-refractivity contribution in [3.05, 3.63) is 59.2 Å². The third-order valence-corrected chi connectivity index (χ3v) is 4.75. The lowest BCUT2D eigenvalue weighted by Crippen LogP contribution is -2.38. The molecule has 1 aliphatic rings. The molecule has 2 amide bonds. The van der Waals surface area contributed by atoms with Gasteiger partial charge in [0.1, 0.15) is 0 Å². The molecule has 0 atom stereocenters. The highest BCUT2D eigenvalue weighted by Crippen LogP contribution is 2.27. The third kappa shape index (κ3) is 4.39. The number of nitrogens with zero attached hydrogens (tertiary/aromatic N) is 1. The van der Waals surface area contributed by atoms with Crippen LogP contribution in [0.4, 0.5) is 0 Å². The molecule has 0 unspecified atom stereocenters. The average Bonchev–Trinajstić information content (AvgIpc) is 2.72. The number of carbonyl (C=O) groups excluding carboxylic acids is 2. The van der Waals surface area contributed by atoms with Crippen molar-refractivity contribution in [3.63, 3.8) is 0 Å². The van der Waals surface area contributed by atoms with Gasteiger partial charge in [-0.3, -0.25) is 9.59 Å². The summed E-state index contributed by atoms with van der Waals surface area (Å²) in [4.78, 5) is 26.6. The second-order valence-corrected chi connectivity index (χ2v) is 6.41. The van der Waals surface area contributed by atoms with Gasteiger partial charge >= 0.3 is 0 Å². The molecular formula is C21H24N2O4. The van der Waals surface area contributed by atoms with E-state index in [1.54, 1.807) is 25.3 Å². The second kappa shape index (κ2) is 8.58. The fourth-order valence-electron chi connectivity index (χ4n) is 3.23. The van der Waals surface area contributed by atoms with Crippen molar-refractivity contribution in [3.8, 4) is 11.5 Å². The van der Waals surface area contributed by atoms with Gasteiger partial charge < -0.3 is 19.7 Å². The topological polar surface area (TPSA) is 67.9 Å². The van der Waals surface area contributed by atoms with Crippen molar-refractivity contribution in [2.24, 2.45) is 0 Å². The molecule has 6 nitrogen and oxygen atoms in total. The Balaban J connectivity index is 1.51. The summed E-state index contributed by atoms with van der Waals surface area (Å²) in [6, 6.07) is 13.2. The smallest absolute Gasteiger partial charge is 0.251 e. The fraction of sp³-hybridized carbons (Fsp3) is 0.333. The monoisotopic (exact) mass is 368 g/mol. The van der Waals surface area contributed by atoms with Crippen LogP contribution in [0.15, 0.2) is 42.5 Å². The molecule has 0 saturated carbocycles. The molecule has 27 heavy (non-hydrogen) atoms. The Bertz CT molecular complexity index is 835. The van der Waals surface area contributed by atoms with Gasteiger partial charge in [-0.15, -0.1) is 0 Å². The predicted octanol–water partition coefficient (Wildman–Crippen LogP) is 2.41. The summed E-state index contributed by atoms with van der Waals surface area (Å²) >= 11 is 0. The van der Waals surface area contributed by atoms with Crippen molar-refractivity contribution in [1.82, 2.24) is 10.2 Å². The molecule has 0 bridgehead atoms. The molecule has 3 rings (SSSR count). The molecule has 1 heterocycles. The number of benzene rings is 2. The molecule has 1 aliphatic heterocycles. The lowest BCUT2D eigenvalue weighted by Gasteiger charge is -2.29. The number of nitrogens with one attached hydrogen (secondary N) is 1. The van der Waals surface area contributed by atoms with Crippen molar-refractivity contribution in [2.75, 3.05) is 27.3 Å². The highest BCUT2D eigenvalue weighted by molar-refractivity contribution is 5.95. The van der Waals surface area contributed by atoms with Crippen molar-refractivity contribution in [2.45, 2.75) is 19.4 Å². The Morgan fingerprint density at radius 2 is 1.78 bits per heavy atom. The summed E-state index contributed by atoms with van der Waals surface area (Å²) in [6.07, 6.45) is 1.15. The van der Waals surface area contributed by atoms with Gasteiger partial charge in [-0.05, 0) is 35.7 Å². The number of amides is 2. The normalized spacial score (nSPS) is 12.9. The fourth-order valence-corrected chi connectivity index (χ4v) is 3.23. The number of ether oxygens (including phenoxy) is 2. The van der Waals surface area contributed by atoms with E-state index in [0.717, 1.165) is 13.0 Å². The van der Waals surface area contributed by atoms with Crippen LogP contribution in [-0.4, -0.2) is 44.0 Å². The van der Waals surface area contributed by atoms with Gasteiger partial charge in [0.05, 0.1) is 14.2 Å². The van der Waals surface area contributed by atoms with E-state index in [4.69, 9.17) is 9.47 Å². The van der Waals surface area contributed by atoms with E-state index in [1.807, 2.05) is 17.0 Å². The van der Waals surface area contributed by atoms with Gasteiger partial charge in [0.25, 0.3) is 5.91 Å². The minimum Gasteiger partial charge on any atom is -0.493 e. The average molecular weight is 368 g/mol. The molecule has 0 saturated heterocycles. The quantitative estimate of drug-likeness (QED) is 0.850. The highest BCUT2D eigenvalue weighted by Gasteiger charge is 2.20. The zero-order chi connectivity index (χ0) is 19.2. The molecule has 0 radical (unpaired) electrons. The lowest BCUT2D eigenvalue weighted by molar-refractivity contribution is -0.131. The molecule has 2 aromatic rings. The highest BCUT2D eigenvalue weighted by atomic mass is 16.5. The molecule has 142 valence electrons. The number of rotatable bonds is 6. The SMILES string of the molecule is COc1ccc(C(=O)NCCC(=O)N2CCc3ccccc3C2)cc1OC. The van der Waals surface area contributed by atoms with Crippen LogP contribution in [0.2, 0.25) is 0 Å². The summed E-state index contributed by atoms with van der Waals surface area (Å²) in [5.41, 5.74) is 2.97. The molecule has 0 aromatic heterocycles. The van der Waals surface area contributed by atoms with E-state index < -0.39 is 0 Å². The van der Waals surface area contributed by atoms with E-state index in [9.17, 15) is 9.59 Å². The van der Waals surface area contributed by atoms with Crippen LogP contribution in [0.5, 0.6) is 11.5 Å². The van der Waals surface area contributed by atoms with Crippen molar-refractivity contribution < 1.29 is 19.1 Å². The first-order valence-corrected chi connectivity index (χ1v) is 8.97. The number of hydrogen-bond acceptors (Lipinski definition) is 4. The van der Waals surface area contributed by atoms with Crippen LogP contribution in [-0.2, 0) is 17.8 Å².